The summed E-state index contributed by atoms with van der Waals surface area (Å²) in [6, 6.07) is 15.5. The fourth-order valence-electron chi connectivity index (χ4n) is 3.50. The molecule has 0 unspecified atom stereocenters. The molecule has 6 heteroatoms. The second-order valence-electron chi connectivity index (χ2n) is 6.13. The third-order valence-electron chi connectivity index (χ3n) is 4.74. The average molecular weight is 402 g/mol. The molecule has 0 bridgehead atoms. The predicted molar refractivity (Wildman–Crippen MR) is 93.8 cm³/mol. The van der Waals surface area contributed by atoms with Crippen LogP contribution in [0.2, 0.25) is 5.32 Å². The third-order valence-corrected chi connectivity index (χ3v) is 6.86. The summed E-state index contributed by atoms with van der Waals surface area (Å²) in [6.07, 6.45) is -0.520. The van der Waals surface area contributed by atoms with Crippen LogP contribution >= 0.6 is 0 Å². The molecular weight excluding hydrogens is 385 g/mol. The van der Waals surface area contributed by atoms with Crippen LogP contribution in [-0.4, -0.2) is 55.1 Å². The molecule has 0 radical (unpaired) electrons. The normalized spacial score (nSPS) is 18.7. The van der Waals surface area contributed by atoms with Crippen LogP contribution in [-0.2, 0) is 9.53 Å². The second-order valence-corrected chi connectivity index (χ2v) is 8.23. The average Bonchev–Trinajstić information content (AvgIpc) is 3.23. The van der Waals surface area contributed by atoms with Crippen LogP contribution in [0.25, 0.3) is 11.1 Å². The van der Waals surface area contributed by atoms with Gasteiger partial charge in [-0.3, -0.25) is 0 Å². The van der Waals surface area contributed by atoms with Crippen molar-refractivity contribution in [2.45, 2.75) is 17.3 Å². The number of fused-ring (bicyclic) bond motifs is 3. The van der Waals surface area contributed by atoms with Gasteiger partial charge < -0.3 is 0 Å². The van der Waals surface area contributed by atoms with Gasteiger partial charge in [-0.1, -0.05) is 0 Å². The van der Waals surface area contributed by atoms with Gasteiger partial charge in [-0.25, -0.2) is 0 Å². The van der Waals surface area contributed by atoms with Crippen molar-refractivity contribution in [2.75, 3.05) is 12.1 Å². The van der Waals surface area contributed by atoms with Crippen LogP contribution in [0.4, 0.5) is 4.79 Å². The minimum absolute atomic E-state index is 0.00672. The summed E-state index contributed by atoms with van der Waals surface area (Å²) in [4.78, 5) is 25.0. The number of aliphatic carboxylic acids is 1. The molecule has 0 saturated carbocycles. The van der Waals surface area contributed by atoms with Crippen LogP contribution in [0, 0.1) is 0 Å². The monoisotopic (exact) mass is 403 g/mol. The Kier molecular flexibility index (Phi) is 4.23. The standard InChI is InChI=1S/C19H17NO4Se/c21-18(22)17-10-25-11-20(17)19(23)24-9-16-14-7-3-1-5-12(14)13-6-2-4-8-15(13)16/h1-8,16-17H,9-11H2,(H,21,22)/t17-/m0/s1. The van der Waals surface area contributed by atoms with Crippen molar-refractivity contribution in [2.24, 2.45) is 0 Å². The maximum atomic E-state index is 12.4. The van der Waals surface area contributed by atoms with Crippen LogP contribution < -0.4 is 0 Å². The number of carbonyl (C=O) groups is 2. The van der Waals surface area contributed by atoms with Gasteiger partial charge >= 0.3 is 151 Å². The zero-order chi connectivity index (χ0) is 17.4. The Morgan fingerprint density at radius 3 is 2.28 bits per heavy atom. The van der Waals surface area contributed by atoms with Crippen LogP contribution in [0.1, 0.15) is 17.0 Å². The number of carbonyl (C=O) groups excluding carboxylic acids is 1. The molecule has 1 fully saturated rings. The first-order valence-electron chi connectivity index (χ1n) is 8.09. The van der Waals surface area contributed by atoms with Crippen LogP contribution in [0.3, 0.4) is 0 Å². The Morgan fingerprint density at radius 1 is 1.08 bits per heavy atom. The molecule has 1 atom stereocenters. The number of nitrogens with zero attached hydrogens (tertiary/aromatic N) is 1. The summed E-state index contributed by atoms with van der Waals surface area (Å²) in [7, 11) is 0. The Hall–Kier alpha value is -2.30. The van der Waals surface area contributed by atoms with Gasteiger partial charge in [0.25, 0.3) is 0 Å². The first kappa shape index (κ1) is 16.2. The van der Waals surface area contributed by atoms with Gasteiger partial charge in [-0.05, 0) is 0 Å². The van der Waals surface area contributed by atoms with Gasteiger partial charge in [0.1, 0.15) is 0 Å². The van der Waals surface area contributed by atoms with Crippen LogP contribution in [0.15, 0.2) is 48.5 Å². The summed E-state index contributed by atoms with van der Waals surface area (Å²) in [5.41, 5.74) is 5.15. The SMILES string of the molecule is O=C(O)[C@@H]1C[Se]CN1C(=O)OCC1c2ccccc2-c2ccccc21. The van der Waals surface area contributed by atoms with E-state index in [0.717, 1.165) is 11.1 Å². The van der Waals surface area contributed by atoms with E-state index in [9.17, 15) is 14.7 Å². The number of carboxylic acid groups (broad SMARTS) is 1. The van der Waals surface area contributed by atoms with E-state index in [4.69, 9.17) is 4.74 Å². The molecule has 25 heavy (non-hydrogen) atoms. The predicted octanol–water partition coefficient (Wildman–Crippen LogP) is 2.78. The molecule has 4 rings (SSSR count). The van der Waals surface area contributed by atoms with Crippen molar-refractivity contribution in [3.05, 3.63) is 59.7 Å². The summed E-state index contributed by atoms with van der Waals surface area (Å²) in [5, 5.41) is 9.78. The number of benzene rings is 2. The Balaban J connectivity index is 1.53. The van der Waals surface area contributed by atoms with Gasteiger partial charge in [-0.2, -0.15) is 0 Å². The van der Waals surface area contributed by atoms with E-state index in [2.05, 4.69) is 24.3 Å². The number of hydrogen-bond acceptors (Lipinski definition) is 3. The first-order chi connectivity index (χ1) is 12.2. The van der Waals surface area contributed by atoms with Gasteiger partial charge in [0.2, 0.25) is 0 Å². The fourth-order valence-corrected chi connectivity index (χ4v) is 5.88. The number of amides is 1. The molecular formula is C19H17NO4Se. The number of ether oxygens (including phenoxy) is 1. The van der Waals surface area contributed by atoms with Crippen LogP contribution in [0.5, 0.6) is 0 Å². The maximum absolute atomic E-state index is 12.4. The Morgan fingerprint density at radius 2 is 1.68 bits per heavy atom. The molecule has 1 aliphatic carbocycles. The Bertz CT molecular complexity index is 792. The van der Waals surface area contributed by atoms with E-state index < -0.39 is 18.1 Å². The molecule has 5 nitrogen and oxygen atoms in total. The van der Waals surface area contributed by atoms with Gasteiger partial charge in [-0.15, -0.1) is 0 Å². The quantitative estimate of drug-likeness (QED) is 0.802. The molecule has 1 amide bonds. The molecule has 2 aromatic carbocycles. The van der Waals surface area contributed by atoms with E-state index >= 15 is 0 Å². The van der Waals surface area contributed by atoms with Crippen molar-refractivity contribution in [1.29, 1.82) is 0 Å². The van der Waals surface area contributed by atoms with Gasteiger partial charge in [0, 0.05) is 0 Å². The van der Waals surface area contributed by atoms with Crippen molar-refractivity contribution in [1.82, 2.24) is 4.90 Å². The first-order valence-corrected chi connectivity index (χ1v) is 10.5. The molecule has 0 aromatic heterocycles. The Labute approximate surface area is 151 Å². The van der Waals surface area contributed by atoms with E-state index in [1.807, 2.05) is 24.3 Å². The zero-order valence-electron chi connectivity index (χ0n) is 13.4. The molecule has 1 heterocycles. The number of rotatable bonds is 3. The van der Waals surface area contributed by atoms with E-state index in [0.29, 0.717) is 10.8 Å². The fraction of sp³-hybridized carbons (Fsp3) is 0.263. The third kappa shape index (κ3) is 2.81. The summed E-state index contributed by atoms with van der Waals surface area (Å²) in [6.45, 7) is 0.225. The molecule has 1 N–H and O–H groups in total. The van der Waals surface area contributed by atoms with Crippen molar-refractivity contribution >= 4 is 27.0 Å². The van der Waals surface area contributed by atoms with E-state index in [1.54, 1.807) is 0 Å². The molecule has 2 aliphatic rings. The molecule has 1 aliphatic heterocycles. The number of carboxylic acids is 1. The summed E-state index contributed by atoms with van der Waals surface area (Å²) >= 11 is 0.147. The van der Waals surface area contributed by atoms with E-state index in [-0.39, 0.29) is 27.5 Å². The molecule has 128 valence electrons. The van der Waals surface area contributed by atoms with E-state index in [1.165, 1.54) is 16.0 Å². The second kappa shape index (κ2) is 6.54. The minimum atomic E-state index is -0.951. The summed E-state index contributed by atoms with van der Waals surface area (Å²) in [5.74, 6) is -0.958. The zero-order valence-corrected chi connectivity index (χ0v) is 15.1. The van der Waals surface area contributed by atoms with Gasteiger partial charge in [0.15, 0.2) is 0 Å². The van der Waals surface area contributed by atoms with Crippen molar-refractivity contribution in [3.8, 4) is 11.1 Å². The molecule has 0 spiro atoms. The van der Waals surface area contributed by atoms with Gasteiger partial charge in [0.05, 0.1) is 0 Å². The topological polar surface area (TPSA) is 66.8 Å². The van der Waals surface area contributed by atoms with Crippen molar-refractivity contribution < 1.29 is 19.4 Å². The summed E-state index contributed by atoms with van der Waals surface area (Å²) < 4.78 is 5.54. The van der Waals surface area contributed by atoms with Crippen molar-refractivity contribution in [3.63, 3.8) is 0 Å². The molecule has 1 saturated heterocycles. The number of hydrogen-bond donors (Lipinski definition) is 1. The molecule has 2 aromatic rings.